The van der Waals surface area contributed by atoms with Gasteiger partial charge in [0.1, 0.15) is 13.9 Å². The number of nitrogens with one attached hydrogen (secondary N) is 1. The number of amides is 3. The highest BCUT2D eigenvalue weighted by Gasteiger charge is 2.42. The lowest BCUT2D eigenvalue weighted by molar-refractivity contribution is -0.136. The van der Waals surface area contributed by atoms with Gasteiger partial charge in [0.15, 0.2) is 11.5 Å². The summed E-state index contributed by atoms with van der Waals surface area (Å²) < 4.78 is 0. The number of carbonyl (C=O) groups excluding carboxylic acids is 3. The van der Waals surface area contributed by atoms with Gasteiger partial charge in [0, 0.05) is 24.2 Å². The molecule has 3 rings (SSSR count). The molecule has 3 amide bonds. The Morgan fingerprint density at radius 2 is 1.91 bits per heavy atom. The lowest BCUT2D eigenvalue weighted by Crippen LogP contribution is -2.52. The molecule has 5 N–H and O–H groups in total. The summed E-state index contributed by atoms with van der Waals surface area (Å²) >= 11 is 0. The Hall–Kier alpha value is -2.71. The van der Waals surface area contributed by atoms with E-state index in [4.69, 9.17) is 5.73 Å². The van der Waals surface area contributed by atoms with E-state index in [1.807, 2.05) is 0 Å². The SMILES string of the molecule is Bc1c(N)c2c(c(O)c1O)C(=O)N(C1CCC(=O)NC1=O)C2. The van der Waals surface area contributed by atoms with Crippen LogP contribution in [0.15, 0.2) is 0 Å². The zero-order chi connectivity index (χ0) is 16.2. The van der Waals surface area contributed by atoms with E-state index >= 15 is 0 Å². The van der Waals surface area contributed by atoms with Crippen molar-refractivity contribution in [1.29, 1.82) is 0 Å². The molecule has 0 aliphatic carbocycles. The summed E-state index contributed by atoms with van der Waals surface area (Å²) in [4.78, 5) is 36.9. The number of hydrogen-bond acceptors (Lipinski definition) is 6. The van der Waals surface area contributed by atoms with Gasteiger partial charge in [-0.05, 0) is 11.9 Å². The number of nitrogen functional groups attached to an aromatic ring is 1. The molecule has 2 heterocycles. The Morgan fingerprint density at radius 1 is 1.23 bits per heavy atom. The maximum atomic E-state index is 12.5. The monoisotopic (exact) mass is 303 g/mol. The third kappa shape index (κ3) is 1.82. The first kappa shape index (κ1) is 14.2. The van der Waals surface area contributed by atoms with Crippen molar-refractivity contribution in [2.75, 3.05) is 5.73 Å². The van der Waals surface area contributed by atoms with Gasteiger partial charge in [-0.1, -0.05) is 0 Å². The Kier molecular flexibility index (Phi) is 3.01. The zero-order valence-electron chi connectivity index (χ0n) is 11.8. The Labute approximate surface area is 126 Å². The Morgan fingerprint density at radius 3 is 2.55 bits per heavy atom. The fraction of sp³-hybridized carbons (Fsp3) is 0.308. The van der Waals surface area contributed by atoms with E-state index < -0.39 is 29.4 Å². The van der Waals surface area contributed by atoms with Gasteiger partial charge >= 0.3 is 0 Å². The van der Waals surface area contributed by atoms with Crippen molar-refractivity contribution in [1.82, 2.24) is 10.2 Å². The first-order valence-corrected chi connectivity index (χ1v) is 6.80. The van der Waals surface area contributed by atoms with E-state index in [0.29, 0.717) is 5.56 Å². The number of fused-ring (bicyclic) bond motifs is 1. The summed E-state index contributed by atoms with van der Waals surface area (Å²) in [5.41, 5.74) is 6.72. The maximum Gasteiger partial charge on any atom is 0.259 e. The van der Waals surface area contributed by atoms with Crippen LogP contribution in [0.25, 0.3) is 0 Å². The van der Waals surface area contributed by atoms with Crippen molar-refractivity contribution < 1.29 is 24.6 Å². The molecule has 0 radical (unpaired) electrons. The molecule has 1 unspecified atom stereocenters. The molecule has 1 aromatic rings. The van der Waals surface area contributed by atoms with Crippen molar-refractivity contribution in [2.45, 2.75) is 25.4 Å². The number of nitrogens with two attached hydrogens (primary N) is 1. The summed E-state index contributed by atoms with van der Waals surface area (Å²) in [6, 6.07) is -0.793. The molecule has 0 spiro atoms. The van der Waals surface area contributed by atoms with E-state index in [-0.39, 0.29) is 42.0 Å². The maximum absolute atomic E-state index is 12.5. The van der Waals surface area contributed by atoms with Gasteiger partial charge in [-0.25, -0.2) is 0 Å². The second kappa shape index (κ2) is 4.65. The number of aromatic hydroxyl groups is 2. The molecule has 2 aliphatic rings. The van der Waals surface area contributed by atoms with E-state index in [0.717, 1.165) is 0 Å². The minimum Gasteiger partial charge on any atom is -0.505 e. The molecule has 1 saturated heterocycles. The van der Waals surface area contributed by atoms with Crippen LogP contribution in [0, 0.1) is 0 Å². The number of phenolic OH excluding ortho intramolecular Hbond substituents is 2. The smallest absolute Gasteiger partial charge is 0.259 e. The first-order valence-electron chi connectivity index (χ1n) is 6.80. The molecule has 1 atom stereocenters. The van der Waals surface area contributed by atoms with E-state index in [1.165, 1.54) is 12.7 Å². The van der Waals surface area contributed by atoms with Crippen molar-refractivity contribution in [3.05, 3.63) is 11.1 Å². The Balaban J connectivity index is 2.02. The van der Waals surface area contributed by atoms with E-state index in [1.54, 1.807) is 0 Å². The van der Waals surface area contributed by atoms with Crippen LogP contribution in [0.4, 0.5) is 5.69 Å². The molecule has 1 aromatic carbocycles. The van der Waals surface area contributed by atoms with Crippen LogP contribution >= 0.6 is 0 Å². The highest BCUT2D eigenvalue weighted by atomic mass is 16.3. The summed E-state index contributed by atoms with van der Waals surface area (Å²) in [6.45, 7) is 0.0565. The summed E-state index contributed by atoms with van der Waals surface area (Å²) in [6.07, 6.45) is 0.359. The predicted molar refractivity (Wildman–Crippen MR) is 78.4 cm³/mol. The fourth-order valence-electron chi connectivity index (χ4n) is 2.94. The average Bonchev–Trinajstić information content (AvgIpc) is 2.81. The number of phenols is 2. The van der Waals surface area contributed by atoms with Gasteiger partial charge < -0.3 is 20.8 Å². The van der Waals surface area contributed by atoms with Crippen LogP contribution in [0.3, 0.4) is 0 Å². The number of carbonyl (C=O) groups is 3. The van der Waals surface area contributed by atoms with Gasteiger partial charge in [-0.3, -0.25) is 19.7 Å². The largest absolute Gasteiger partial charge is 0.505 e. The van der Waals surface area contributed by atoms with Crippen LogP contribution in [0.1, 0.15) is 28.8 Å². The minimum absolute atomic E-state index is 0.0565. The molecule has 22 heavy (non-hydrogen) atoms. The highest BCUT2D eigenvalue weighted by molar-refractivity contribution is 6.38. The molecular formula is C13H14BN3O5. The summed E-state index contributed by atoms with van der Waals surface area (Å²) in [5, 5.41) is 22.0. The standard InChI is InChI=1S/C13H14BN3O5/c14-8-9(15)4-3-17(5-1-2-6(18)16-12(5)21)13(22)7(4)10(19)11(8)20/h5,19-20H,1-3,14-15H2,(H,16,18,21). The highest BCUT2D eigenvalue weighted by Crippen LogP contribution is 2.40. The molecule has 2 aliphatic heterocycles. The molecule has 0 aromatic heterocycles. The zero-order valence-corrected chi connectivity index (χ0v) is 11.8. The average molecular weight is 303 g/mol. The predicted octanol–water partition coefficient (Wildman–Crippen LogP) is -2.30. The second-order valence-corrected chi connectivity index (χ2v) is 5.49. The molecule has 8 nitrogen and oxygen atoms in total. The Bertz CT molecular complexity index is 733. The molecule has 0 saturated carbocycles. The van der Waals surface area contributed by atoms with Crippen molar-refractivity contribution in [2.24, 2.45) is 0 Å². The number of piperidine rings is 1. The number of rotatable bonds is 1. The number of benzene rings is 1. The van der Waals surface area contributed by atoms with E-state index in [2.05, 4.69) is 5.32 Å². The summed E-state index contributed by atoms with van der Waals surface area (Å²) in [7, 11) is 1.53. The van der Waals surface area contributed by atoms with Crippen LogP contribution < -0.4 is 16.5 Å². The van der Waals surface area contributed by atoms with Crippen molar-refractivity contribution in [3.63, 3.8) is 0 Å². The normalized spacial score (nSPS) is 21.0. The quantitative estimate of drug-likeness (QED) is 0.152. The van der Waals surface area contributed by atoms with Gasteiger partial charge in [0.2, 0.25) is 11.8 Å². The fourth-order valence-corrected chi connectivity index (χ4v) is 2.94. The molecular weight excluding hydrogens is 289 g/mol. The third-order valence-corrected chi connectivity index (χ3v) is 4.24. The van der Waals surface area contributed by atoms with Crippen LogP contribution in [-0.4, -0.2) is 46.7 Å². The molecule has 1 fully saturated rings. The minimum atomic E-state index is -0.793. The topological polar surface area (TPSA) is 133 Å². The van der Waals surface area contributed by atoms with Crippen molar-refractivity contribution >= 4 is 36.7 Å². The number of imide groups is 1. The van der Waals surface area contributed by atoms with Gasteiger partial charge in [-0.15, -0.1) is 0 Å². The van der Waals surface area contributed by atoms with Crippen LogP contribution in [0.5, 0.6) is 11.5 Å². The number of nitrogens with zero attached hydrogens (tertiary/aromatic N) is 1. The number of hydrogen-bond donors (Lipinski definition) is 4. The number of anilines is 1. The van der Waals surface area contributed by atoms with Crippen LogP contribution in [0.2, 0.25) is 0 Å². The molecule has 114 valence electrons. The van der Waals surface area contributed by atoms with E-state index in [9.17, 15) is 24.6 Å². The molecule has 0 bridgehead atoms. The summed E-state index contributed by atoms with van der Waals surface area (Å²) in [5.74, 6) is -2.46. The lowest BCUT2D eigenvalue weighted by atomic mass is 9.88. The first-order chi connectivity index (χ1) is 10.3. The van der Waals surface area contributed by atoms with Gasteiger partial charge in [0.05, 0.1) is 5.56 Å². The third-order valence-electron chi connectivity index (χ3n) is 4.24. The lowest BCUT2D eigenvalue weighted by Gasteiger charge is -2.29. The molecule has 9 heteroatoms. The second-order valence-electron chi connectivity index (χ2n) is 5.49. The van der Waals surface area contributed by atoms with Gasteiger partial charge in [0.25, 0.3) is 5.91 Å². The van der Waals surface area contributed by atoms with Gasteiger partial charge in [-0.2, -0.15) is 0 Å². The van der Waals surface area contributed by atoms with Crippen molar-refractivity contribution in [3.8, 4) is 11.5 Å². The van der Waals surface area contributed by atoms with Crippen LogP contribution in [-0.2, 0) is 16.1 Å².